The predicted octanol–water partition coefficient (Wildman–Crippen LogP) is 4.00. The highest BCUT2D eigenvalue weighted by Gasteiger charge is 2.26. The first-order chi connectivity index (χ1) is 13.3. The van der Waals surface area contributed by atoms with Crippen molar-refractivity contribution in [2.24, 2.45) is 0 Å². The van der Waals surface area contributed by atoms with Crippen molar-refractivity contribution < 1.29 is 9.59 Å². The van der Waals surface area contributed by atoms with E-state index in [2.05, 4.69) is 22.0 Å². The number of piperazine rings is 1. The minimum absolute atomic E-state index is 0.0130. The Balaban J connectivity index is 1.57. The third-order valence-corrected chi connectivity index (χ3v) is 5.55. The molecular weight excluding hydrogens is 374 g/mol. The number of carbonyl (C=O) groups excluding carboxylic acids is 2. The van der Waals surface area contributed by atoms with E-state index < -0.39 is 0 Å². The quantitative estimate of drug-likeness (QED) is 0.772. The van der Waals surface area contributed by atoms with Gasteiger partial charge < -0.3 is 10.2 Å². The van der Waals surface area contributed by atoms with E-state index in [-0.39, 0.29) is 17.7 Å². The van der Waals surface area contributed by atoms with Crippen molar-refractivity contribution >= 4 is 34.7 Å². The standard InChI is InChI=1S/C22H26ClN3O2/c1-15-4-7-19(23)14-21(15)26-12-10-25(11-13-26)16(2)22(28)24-20-8-5-18(6-9-20)17(3)27/h4-9,14,16H,10-13H2,1-3H3,(H,24,28)/t16-/m0/s1. The van der Waals surface area contributed by atoms with Crippen LogP contribution in [0.15, 0.2) is 42.5 Å². The van der Waals surface area contributed by atoms with Gasteiger partial charge in [0.25, 0.3) is 0 Å². The molecule has 1 fully saturated rings. The summed E-state index contributed by atoms with van der Waals surface area (Å²) in [7, 11) is 0. The topological polar surface area (TPSA) is 52.7 Å². The number of ketones is 1. The fourth-order valence-electron chi connectivity index (χ4n) is 3.47. The molecule has 28 heavy (non-hydrogen) atoms. The van der Waals surface area contributed by atoms with E-state index in [0.29, 0.717) is 11.3 Å². The van der Waals surface area contributed by atoms with Crippen molar-refractivity contribution in [1.29, 1.82) is 0 Å². The number of aryl methyl sites for hydroxylation is 1. The number of Topliss-reactive ketones (excluding diaryl/α,β-unsaturated/α-hetero) is 1. The van der Waals surface area contributed by atoms with E-state index in [1.54, 1.807) is 24.3 Å². The molecule has 0 spiro atoms. The third kappa shape index (κ3) is 4.72. The Hall–Kier alpha value is -2.37. The van der Waals surface area contributed by atoms with Gasteiger partial charge in [-0.15, -0.1) is 0 Å². The number of benzene rings is 2. The summed E-state index contributed by atoms with van der Waals surface area (Å²) in [5.41, 5.74) is 3.71. The van der Waals surface area contributed by atoms with Gasteiger partial charge in [0.1, 0.15) is 0 Å². The Kier molecular flexibility index (Phi) is 6.37. The number of halogens is 1. The number of anilines is 2. The number of hydrogen-bond donors (Lipinski definition) is 1. The molecule has 1 N–H and O–H groups in total. The minimum atomic E-state index is -0.227. The monoisotopic (exact) mass is 399 g/mol. The molecule has 1 saturated heterocycles. The van der Waals surface area contributed by atoms with E-state index >= 15 is 0 Å². The highest BCUT2D eigenvalue weighted by Crippen LogP contribution is 2.25. The van der Waals surface area contributed by atoms with Gasteiger partial charge in [-0.1, -0.05) is 17.7 Å². The molecule has 1 amide bonds. The summed E-state index contributed by atoms with van der Waals surface area (Å²) in [5.74, 6) is -0.0259. The average Bonchev–Trinajstić information content (AvgIpc) is 2.69. The van der Waals surface area contributed by atoms with Crippen molar-refractivity contribution in [3.05, 3.63) is 58.6 Å². The minimum Gasteiger partial charge on any atom is -0.369 e. The van der Waals surface area contributed by atoms with Crippen LogP contribution in [-0.2, 0) is 4.79 Å². The van der Waals surface area contributed by atoms with Gasteiger partial charge in [0, 0.05) is 48.1 Å². The normalized spacial score (nSPS) is 15.9. The molecule has 1 aliphatic rings. The second-order valence-corrected chi connectivity index (χ2v) is 7.69. The van der Waals surface area contributed by atoms with Crippen LogP contribution in [0, 0.1) is 6.92 Å². The van der Waals surface area contributed by atoms with Crippen molar-refractivity contribution in [2.45, 2.75) is 26.8 Å². The molecule has 2 aromatic rings. The lowest BCUT2D eigenvalue weighted by Crippen LogP contribution is -2.53. The van der Waals surface area contributed by atoms with E-state index in [1.807, 2.05) is 25.1 Å². The summed E-state index contributed by atoms with van der Waals surface area (Å²) in [5, 5.41) is 3.68. The molecule has 2 aromatic carbocycles. The van der Waals surface area contributed by atoms with Crippen molar-refractivity contribution in [1.82, 2.24) is 4.90 Å². The third-order valence-electron chi connectivity index (χ3n) is 5.31. The maximum Gasteiger partial charge on any atom is 0.241 e. The van der Waals surface area contributed by atoms with Crippen LogP contribution in [0.1, 0.15) is 29.8 Å². The fourth-order valence-corrected chi connectivity index (χ4v) is 3.64. The zero-order valence-corrected chi connectivity index (χ0v) is 17.3. The number of hydrogen-bond acceptors (Lipinski definition) is 4. The molecule has 148 valence electrons. The largest absolute Gasteiger partial charge is 0.369 e. The SMILES string of the molecule is CC(=O)c1ccc(NC(=O)[C@H](C)N2CCN(c3cc(Cl)ccc3C)CC2)cc1. The summed E-state index contributed by atoms with van der Waals surface area (Å²) in [4.78, 5) is 28.5. The number of nitrogens with one attached hydrogen (secondary N) is 1. The molecule has 0 aliphatic carbocycles. The summed E-state index contributed by atoms with van der Waals surface area (Å²) >= 11 is 6.15. The van der Waals surface area contributed by atoms with Crippen molar-refractivity contribution in [3.63, 3.8) is 0 Å². The smallest absolute Gasteiger partial charge is 0.241 e. The molecule has 6 heteroatoms. The maximum absolute atomic E-state index is 12.6. The van der Waals surface area contributed by atoms with Crippen LogP contribution < -0.4 is 10.2 Å². The van der Waals surface area contributed by atoms with Gasteiger partial charge in [-0.25, -0.2) is 0 Å². The molecule has 0 saturated carbocycles. The van der Waals surface area contributed by atoms with Crippen LogP contribution in [0.2, 0.25) is 5.02 Å². The number of carbonyl (C=O) groups is 2. The lowest BCUT2D eigenvalue weighted by molar-refractivity contribution is -0.120. The Morgan fingerprint density at radius 2 is 1.68 bits per heavy atom. The van der Waals surface area contributed by atoms with Crippen LogP contribution in [0.4, 0.5) is 11.4 Å². The Labute approximate surface area is 171 Å². The number of amides is 1. The van der Waals surface area contributed by atoms with Gasteiger partial charge in [0.15, 0.2) is 5.78 Å². The summed E-state index contributed by atoms with van der Waals surface area (Å²) < 4.78 is 0. The van der Waals surface area contributed by atoms with Crippen LogP contribution >= 0.6 is 11.6 Å². The van der Waals surface area contributed by atoms with Crippen LogP contribution in [-0.4, -0.2) is 48.8 Å². The summed E-state index contributed by atoms with van der Waals surface area (Å²) in [6, 6.07) is 12.7. The molecule has 1 atom stereocenters. The van der Waals surface area contributed by atoms with Crippen LogP contribution in [0.5, 0.6) is 0 Å². The zero-order chi connectivity index (χ0) is 20.3. The van der Waals surface area contributed by atoms with Gasteiger partial charge >= 0.3 is 0 Å². The average molecular weight is 400 g/mol. The molecular formula is C22H26ClN3O2. The van der Waals surface area contributed by atoms with E-state index in [1.165, 1.54) is 12.5 Å². The van der Waals surface area contributed by atoms with Gasteiger partial charge in [0.2, 0.25) is 5.91 Å². The first-order valence-corrected chi connectivity index (χ1v) is 9.90. The predicted molar refractivity (Wildman–Crippen MR) is 115 cm³/mol. The van der Waals surface area contributed by atoms with Gasteiger partial charge in [-0.05, 0) is 62.7 Å². The fraction of sp³-hybridized carbons (Fsp3) is 0.364. The molecule has 5 nitrogen and oxygen atoms in total. The Morgan fingerprint density at radius 3 is 2.29 bits per heavy atom. The number of nitrogens with zero attached hydrogens (tertiary/aromatic N) is 2. The zero-order valence-electron chi connectivity index (χ0n) is 16.5. The second kappa shape index (κ2) is 8.76. The molecule has 3 rings (SSSR count). The summed E-state index contributed by atoms with van der Waals surface area (Å²) in [6.07, 6.45) is 0. The Morgan fingerprint density at radius 1 is 1.04 bits per heavy atom. The highest BCUT2D eigenvalue weighted by molar-refractivity contribution is 6.30. The molecule has 0 unspecified atom stereocenters. The van der Waals surface area contributed by atoms with E-state index in [9.17, 15) is 9.59 Å². The molecule has 0 aromatic heterocycles. The van der Waals surface area contributed by atoms with Crippen LogP contribution in [0.25, 0.3) is 0 Å². The lowest BCUT2D eigenvalue weighted by atomic mass is 10.1. The highest BCUT2D eigenvalue weighted by atomic mass is 35.5. The summed E-state index contributed by atoms with van der Waals surface area (Å²) in [6.45, 7) is 8.87. The first-order valence-electron chi connectivity index (χ1n) is 9.52. The van der Waals surface area contributed by atoms with Gasteiger partial charge in [-0.2, -0.15) is 0 Å². The van der Waals surface area contributed by atoms with Gasteiger partial charge in [0.05, 0.1) is 6.04 Å². The van der Waals surface area contributed by atoms with E-state index in [0.717, 1.165) is 36.9 Å². The van der Waals surface area contributed by atoms with Crippen LogP contribution in [0.3, 0.4) is 0 Å². The number of rotatable bonds is 5. The van der Waals surface area contributed by atoms with Gasteiger partial charge in [-0.3, -0.25) is 14.5 Å². The lowest BCUT2D eigenvalue weighted by Gasteiger charge is -2.39. The molecule has 1 heterocycles. The second-order valence-electron chi connectivity index (χ2n) is 7.25. The Bertz CT molecular complexity index is 859. The molecule has 0 bridgehead atoms. The molecule has 0 radical (unpaired) electrons. The van der Waals surface area contributed by atoms with Crippen molar-refractivity contribution in [2.75, 3.05) is 36.4 Å². The van der Waals surface area contributed by atoms with Crippen molar-refractivity contribution in [3.8, 4) is 0 Å². The maximum atomic E-state index is 12.6. The molecule has 1 aliphatic heterocycles. The first kappa shape index (κ1) is 20.4. The van der Waals surface area contributed by atoms with E-state index in [4.69, 9.17) is 11.6 Å².